The van der Waals surface area contributed by atoms with Crippen molar-refractivity contribution in [3.05, 3.63) is 93.8 Å². The number of piperidine rings is 1. The molecule has 36 heavy (non-hydrogen) atoms. The van der Waals surface area contributed by atoms with Crippen LogP contribution < -0.4 is 4.90 Å². The Morgan fingerprint density at radius 1 is 0.972 bits per heavy atom. The van der Waals surface area contributed by atoms with E-state index in [0.29, 0.717) is 10.4 Å². The molecule has 2 atom stereocenters. The molecule has 0 saturated carbocycles. The minimum atomic E-state index is -0.324. The Balaban J connectivity index is 1.27. The molecule has 1 spiro atoms. The Hall–Kier alpha value is -3.05. The lowest BCUT2D eigenvalue weighted by atomic mass is 9.69. The minimum absolute atomic E-state index is 0.0711. The van der Waals surface area contributed by atoms with E-state index in [1.165, 1.54) is 28.9 Å². The number of hydrogen-bond acceptors (Lipinski definition) is 3. The number of amides is 1. The highest BCUT2D eigenvalue weighted by Crippen LogP contribution is 2.49. The lowest BCUT2D eigenvalue weighted by molar-refractivity contribution is -0.120. The molecule has 1 amide bonds. The van der Waals surface area contributed by atoms with E-state index in [2.05, 4.69) is 29.2 Å². The van der Waals surface area contributed by atoms with Crippen LogP contribution >= 0.6 is 11.6 Å². The molecule has 0 aromatic heterocycles. The normalized spacial score (nSPS) is 22.7. The molecule has 0 radical (unpaired) electrons. The van der Waals surface area contributed by atoms with E-state index < -0.39 is 0 Å². The third-order valence-corrected chi connectivity index (χ3v) is 8.96. The Bertz CT molecular complexity index is 1280. The van der Waals surface area contributed by atoms with Crippen molar-refractivity contribution < 1.29 is 14.3 Å². The Kier molecular flexibility index (Phi) is 5.91. The number of likely N-dealkylation sites (tertiary alicyclic amines) is 1. The van der Waals surface area contributed by atoms with Gasteiger partial charge in [0.1, 0.15) is 11.6 Å². The number of rotatable bonds is 4. The molecule has 2 saturated heterocycles. The summed E-state index contributed by atoms with van der Waals surface area (Å²) >= 11 is 6.54. The Morgan fingerprint density at radius 2 is 1.69 bits per heavy atom. The average Bonchev–Trinajstić information content (AvgIpc) is 2.87. The van der Waals surface area contributed by atoms with Gasteiger partial charge in [-0.1, -0.05) is 35.9 Å². The van der Waals surface area contributed by atoms with Crippen molar-refractivity contribution in [2.75, 3.05) is 31.1 Å². The molecule has 3 aromatic rings. The van der Waals surface area contributed by atoms with Crippen molar-refractivity contribution in [3.8, 4) is 5.75 Å². The summed E-state index contributed by atoms with van der Waals surface area (Å²) in [6, 6.07) is 19.2. The maximum atomic E-state index is 13.8. The summed E-state index contributed by atoms with van der Waals surface area (Å²) in [4.78, 5) is 15.4. The van der Waals surface area contributed by atoms with Crippen LogP contribution in [0.4, 0.5) is 10.1 Å². The van der Waals surface area contributed by atoms with E-state index >= 15 is 0 Å². The molecule has 1 aliphatic carbocycles. The van der Waals surface area contributed by atoms with Gasteiger partial charge in [-0.2, -0.15) is 0 Å². The predicted octanol–water partition coefficient (Wildman–Crippen LogP) is 6.11. The first-order valence-corrected chi connectivity index (χ1v) is 13.1. The van der Waals surface area contributed by atoms with Crippen molar-refractivity contribution in [3.63, 3.8) is 0 Å². The van der Waals surface area contributed by atoms with Crippen LogP contribution in [0.25, 0.3) is 0 Å². The van der Waals surface area contributed by atoms with Gasteiger partial charge in [-0.3, -0.25) is 4.79 Å². The fourth-order valence-corrected chi connectivity index (χ4v) is 6.92. The highest BCUT2D eigenvalue weighted by atomic mass is 35.5. The van der Waals surface area contributed by atoms with Gasteiger partial charge in [0.2, 0.25) is 6.41 Å². The van der Waals surface area contributed by atoms with E-state index in [1.54, 1.807) is 6.07 Å². The van der Waals surface area contributed by atoms with Crippen molar-refractivity contribution in [1.82, 2.24) is 4.90 Å². The standard InChI is InChI=1S/C30H30ClFN2O2/c31-28-16-22(32)4-9-26(28)27-8-3-21-15-24(36)7-10-25(21)29(27)20-1-5-23(6-2-20)34-17-30(18-34)11-13-33(19-35)14-12-30/h1-2,4-7,9-10,15-16,19,27,29,36H,3,8,11-14,17-18H2. The maximum absolute atomic E-state index is 13.8. The largest absolute Gasteiger partial charge is 0.508 e. The number of hydrogen-bond donors (Lipinski definition) is 1. The minimum Gasteiger partial charge on any atom is -0.508 e. The summed E-state index contributed by atoms with van der Waals surface area (Å²) in [5.74, 6) is 0.153. The molecular weight excluding hydrogens is 475 g/mol. The number of anilines is 1. The van der Waals surface area contributed by atoms with Gasteiger partial charge < -0.3 is 14.9 Å². The number of halogens is 2. The first kappa shape index (κ1) is 23.4. The van der Waals surface area contributed by atoms with E-state index in [1.807, 2.05) is 23.1 Å². The Morgan fingerprint density at radius 3 is 2.39 bits per heavy atom. The van der Waals surface area contributed by atoms with Crippen LogP contribution in [0.2, 0.25) is 5.02 Å². The number of benzene rings is 3. The number of phenols is 1. The van der Waals surface area contributed by atoms with Gasteiger partial charge in [-0.05, 0) is 90.3 Å². The second-order valence-electron chi connectivity index (χ2n) is 10.8. The lowest BCUT2D eigenvalue weighted by Gasteiger charge is -2.54. The summed E-state index contributed by atoms with van der Waals surface area (Å²) < 4.78 is 13.8. The zero-order valence-corrected chi connectivity index (χ0v) is 20.9. The smallest absolute Gasteiger partial charge is 0.209 e. The fraction of sp³-hybridized carbons (Fsp3) is 0.367. The topological polar surface area (TPSA) is 43.8 Å². The van der Waals surface area contributed by atoms with Crippen molar-refractivity contribution in [2.24, 2.45) is 5.41 Å². The molecule has 2 aliphatic heterocycles. The number of carbonyl (C=O) groups is 1. The monoisotopic (exact) mass is 504 g/mol. The van der Waals surface area contributed by atoms with Gasteiger partial charge in [-0.25, -0.2) is 4.39 Å². The van der Waals surface area contributed by atoms with Gasteiger partial charge in [-0.15, -0.1) is 0 Å². The fourth-order valence-electron chi connectivity index (χ4n) is 6.61. The van der Waals surface area contributed by atoms with Crippen LogP contribution in [-0.4, -0.2) is 42.6 Å². The number of nitrogens with zero attached hydrogens (tertiary/aromatic N) is 2. The molecule has 2 fully saturated rings. The van der Waals surface area contributed by atoms with Crippen LogP contribution in [0.15, 0.2) is 60.7 Å². The van der Waals surface area contributed by atoms with Gasteiger partial charge in [0.15, 0.2) is 0 Å². The van der Waals surface area contributed by atoms with Crippen molar-refractivity contribution >= 4 is 23.7 Å². The second-order valence-corrected chi connectivity index (χ2v) is 11.2. The third-order valence-electron chi connectivity index (χ3n) is 8.63. The molecule has 186 valence electrons. The van der Waals surface area contributed by atoms with E-state index in [-0.39, 0.29) is 23.4 Å². The number of aromatic hydroxyl groups is 1. The lowest BCUT2D eigenvalue weighted by Crippen LogP contribution is -2.60. The summed E-state index contributed by atoms with van der Waals surface area (Å²) in [7, 11) is 0. The van der Waals surface area contributed by atoms with Crippen molar-refractivity contribution in [2.45, 2.75) is 37.5 Å². The van der Waals surface area contributed by atoms with Crippen LogP contribution in [0.3, 0.4) is 0 Å². The number of carbonyl (C=O) groups excluding carboxylic acids is 1. The molecule has 3 aliphatic rings. The molecule has 1 N–H and O–H groups in total. The van der Waals surface area contributed by atoms with Crippen LogP contribution in [-0.2, 0) is 11.2 Å². The van der Waals surface area contributed by atoms with E-state index in [4.69, 9.17) is 11.6 Å². The summed E-state index contributed by atoms with van der Waals surface area (Å²) in [5, 5.41) is 10.5. The number of fused-ring (bicyclic) bond motifs is 1. The molecule has 6 heteroatoms. The van der Waals surface area contributed by atoms with Crippen LogP contribution in [0.5, 0.6) is 5.75 Å². The summed E-state index contributed by atoms with van der Waals surface area (Å²) in [5.41, 5.74) is 6.09. The second kappa shape index (κ2) is 9.11. The quantitative estimate of drug-likeness (QED) is 0.436. The first-order valence-electron chi connectivity index (χ1n) is 12.8. The highest BCUT2D eigenvalue weighted by Gasteiger charge is 2.44. The van der Waals surface area contributed by atoms with E-state index in [9.17, 15) is 14.3 Å². The van der Waals surface area contributed by atoms with Gasteiger partial charge in [0.25, 0.3) is 0 Å². The first-order chi connectivity index (χ1) is 17.4. The number of phenolic OH excluding ortho intramolecular Hbond substituents is 1. The van der Waals surface area contributed by atoms with Gasteiger partial charge in [0, 0.05) is 48.2 Å². The molecule has 0 bridgehead atoms. The molecule has 4 nitrogen and oxygen atoms in total. The van der Waals surface area contributed by atoms with Crippen LogP contribution in [0, 0.1) is 11.2 Å². The molecule has 2 unspecified atom stereocenters. The van der Waals surface area contributed by atoms with Gasteiger partial charge >= 0.3 is 0 Å². The maximum Gasteiger partial charge on any atom is 0.209 e. The molecule has 6 rings (SSSR count). The zero-order valence-electron chi connectivity index (χ0n) is 20.2. The van der Waals surface area contributed by atoms with E-state index in [0.717, 1.165) is 69.4 Å². The Labute approximate surface area is 216 Å². The number of aryl methyl sites for hydroxylation is 1. The summed E-state index contributed by atoms with van der Waals surface area (Å²) in [6.45, 7) is 3.80. The molecular formula is C30H30ClFN2O2. The third kappa shape index (κ3) is 4.13. The molecule has 2 heterocycles. The SMILES string of the molecule is O=CN1CCC2(CC1)CN(c1ccc(C3c4ccc(O)cc4CCC3c3ccc(F)cc3Cl)cc1)C2. The highest BCUT2D eigenvalue weighted by molar-refractivity contribution is 6.31. The van der Waals surface area contributed by atoms with Gasteiger partial charge in [0.05, 0.1) is 0 Å². The molecule has 3 aromatic carbocycles. The predicted molar refractivity (Wildman–Crippen MR) is 140 cm³/mol. The average molecular weight is 505 g/mol. The van der Waals surface area contributed by atoms with Crippen molar-refractivity contribution in [1.29, 1.82) is 0 Å². The summed E-state index contributed by atoms with van der Waals surface area (Å²) in [6.07, 6.45) is 4.84. The van der Waals surface area contributed by atoms with Crippen LogP contribution in [0.1, 0.15) is 53.4 Å². The zero-order chi connectivity index (χ0) is 24.9.